The summed E-state index contributed by atoms with van der Waals surface area (Å²) in [5.41, 5.74) is 6.50. The lowest BCUT2D eigenvalue weighted by Gasteiger charge is -2.13. The van der Waals surface area contributed by atoms with Gasteiger partial charge in [0, 0.05) is 34.4 Å². The molecule has 10 nitrogen and oxygen atoms in total. The lowest BCUT2D eigenvalue weighted by Crippen LogP contribution is -2.10. The first-order valence-corrected chi connectivity index (χ1v) is 9.61. The number of carbonyl (C=O) groups is 2. The second-order valence-corrected chi connectivity index (χ2v) is 7.02. The number of aromatic amines is 1. The molecule has 2 aromatic heterocycles. The molecule has 2 N–H and O–H groups in total. The van der Waals surface area contributed by atoms with Crippen LogP contribution in [-0.4, -0.2) is 46.9 Å². The highest BCUT2D eigenvalue weighted by Gasteiger charge is 2.17. The lowest BCUT2D eigenvalue weighted by atomic mass is 10.1. The standard InChI is InChI=1S/C22H23N5O5/c1-12-6-19(28)25-22(24-12)26-23-11-17-7-13(2)27(14(17)3)18-9-15(20(29)31-4)8-16(10-18)21(30)32-5/h6-11H,1-5H3,(H2,24,25,26,28)/b23-11+. The van der Waals surface area contributed by atoms with Gasteiger partial charge in [-0.05, 0) is 45.0 Å². The average Bonchev–Trinajstić information content (AvgIpc) is 3.04. The molecule has 0 saturated carbocycles. The summed E-state index contributed by atoms with van der Waals surface area (Å²) >= 11 is 0. The molecule has 0 fully saturated rings. The Hall–Kier alpha value is -4.21. The second-order valence-electron chi connectivity index (χ2n) is 7.02. The molecule has 0 saturated heterocycles. The summed E-state index contributed by atoms with van der Waals surface area (Å²) in [4.78, 5) is 42.5. The van der Waals surface area contributed by atoms with Crippen LogP contribution in [0.25, 0.3) is 5.69 Å². The van der Waals surface area contributed by atoms with Gasteiger partial charge in [-0.25, -0.2) is 20.0 Å². The number of methoxy groups -OCH3 is 2. The summed E-state index contributed by atoms with van der Waals surface area (Å²) < 4.78 is 11.5. The number of benzene rings is 1. The van der Waals surface area contributed by atoms with Crippen molar-refractivity contribution in [3.63, 3.8) is 0 Å². The lowest BCUT2D eigenvalue weighted by molar-refractivity contribution is 0.0599. The van der Waals surface area contributed by atoms with E-state index in [0.29, 0.717) is 11.4 Å². The normalized spacial score (nSPS) is 10.9. The zero-order valence-corrected chi connectivity index (χ0v) is 18.3. The van der Waals surface area contributed by atoms with Crippen LogP contribution in [0, 0.1) is 20.8 Å². The third-order valence-corrected chi connectivity index (χ3v) is 4.73. The molecular weight excluding hydrogens is 414 g/mol. The van der Waals surface area contributed by atoms with E-state index in [0.717, 1.165) is 17.0 Å². The van der Waals surface area contributed by atoms with Crippen LogP contribution in [0.4, 0.5) is 5.95 Å². The first kappa shape index (κ1) is 22.5. The quantitative estimate of drug-likeness (QED) is 0.344. The summed E-state index contributed by atoms with van der Waals surface area (Å²) in [6, 6.07) is 7.98. The smallest absolute Gasteiger partial charge is 0.337 e. The summed E-state index contributed by atoms with van der Waals surface area (Å²) in [5, 5.41) is 4.15. The van der Waals surface area contributed by atoms with Crippen LogP contribution in [0.1, 0.15) is 43.4 Å². The number of nitrogens with one attached hydrogen (secondary N) is 2. The highest BCUT2D eigenvalue weighted by atomic mass is 16.5. The molecule has 0 radical (unpaired) electrons. The van der Waals surface area contributed by atoms with Crippen LogP contribution in [0.5, 0.6) is 0 Å². The Labute approximate surface area is 183 Å². The van der Waals surface area contributed by atoms with Gasteiger partial charge in [-0.1, -0.05) is 0 Å². The number of esters is 2. The van der Waals surface area contributed by atoms with E-state index in [1.165, 1.54) is 26.4 Å². The number of H-pyrrole nitrogens is 1. The molecule has 0 unspecified atom stereocenters. The molecule has 0 spiro atoms. The number of hydrogen-bond donors (Lipinski definition) is 2. The molecule has 3 aromatic rings. The molecule has 0 aliphatic carbocycles. The van der Waals surface area contributed by atoms with E-state index in [2.05, 4.69) is 20.5 Å². The minimum absolute atomic E-state index is 0.226. The topological polar surface area (TPSA) is 128 Å². The Morgan fingerprint density at radius 2 is 1.66 bits per heavy atom. The summed E-state index contributed by atoms with van der Waals surface area (Å²) in [6.45, 7) is 5.48. The van der Waals surface area contributed by atoms with Gasteiger partial charge in [0.15, 0.2) is 0 Å². The van der Waals surface area contributed by atoms with Crippen molar-refractivity contribution in [3.8, 4) is 5.69 Å². The van der Waals surface area contributed by atoms with Crippen LogP contribution in [-0.2, 0) is 9.47 Å². The van der Waals surface area contributed by atoms with Crippen molar-refractivity contribution in [2.75, 3.05) is 19.6 Å². The number of ether oxygens (including phenoxy) is 2. The minimum Gasteiger partial charge on any atom is -0.465 e. The Bertz CT molecular complexity index is 1240. The van der Waals surface area contributed by atoms with E-state index in [-0.39, 0.29) is 22.6 Å². The number of rotatable bonds is 6. The van der Waals surface area contributed by atoms with Crippen LogP contribution in [0.3, 0.4) is 0 Å². The van der Waals surface area contributed by atoms with Crippen molar-refractivity contribution in [1.29, 1.82) is 0 Å². The highest BCUT2D eigenvalue weighted by Crippen LogP contribution is 2.23. The fourth-order valence-corrected chi connectivity index (χ4v) is 3.32. The molecule has 0 aliphatic rings. The third-order valence-electron chi connectivity index (χ3n) is 4.73. The molecule has 3 rings (SSSR count). The van der Waals surface area contributed by atoms with Crippen molar-refractivity contribution >= 4 is 24.1 Å². The van der Waals surface area contributed by atoms with E-state index in [9.17, 15) is 14.4 Å². The van der Waals surface area contributed by atoms with Gasteiger partial charge in [-0.15, -0.1) is 0 Å². The molecule has 0 bridgehead atoms. The Kier molecular flexibility index (Phi) is 6.53. The molecule has 166 valence electrons. The largest absolute Gasteiger partial charge is 0.465 e. The fraction of sp³-hybridized carbons (Fsp3) is 0.227. The van der Waals surface area contributed by atoms with Crippen LogP contribution in [0.2, 0.25) is 0 Å². The minimum atomic E-state index is -0.565. The van der Waals surface area contributed by atoms with Gasteiger partial charge in [0.05, 0.1) is 31.6 Å². The monoisotopic (exact) mass is 437 g/mol. The number of hydrogen-bond acceptors (Lipinski definition) is 8. The van der Waals surface area contributed by atoms with E-state index < -0.39 is 11.9 Å². The van der Waals surface area contributed by atoms with Crippen LogP contribution < -0.4 is 11.0 Å². The summed E-state index contributed by atoms with van der Waals surface area (Å²) in [6.07, 6.45) is 1.59. The van der Waals surface area contributed by atoms with Crippen LogP contribution >= 0.6 is 0 Å². The van der Waals surface area contributed by atoms with E-state index in [1.54, 1.807) is 25.3 Å². The zero-order chi connectivity index (χ0) is 23.4. The average molecular weight is 437 g/mol. The van der Waals surface area contributed by atoms with Gasteiger partial charge in [-0.3, -0.25) is 9.78 Å². The van der Waals surface area contributed by atoms with Gasteiger partial charge in [0.1, 0.15) is 0 Å². The Balaban J connectivity index is 1.98. The highest BCUT2D eigenvalue weighted by molar-refractivity contribution is 5.96. The van der Waals surface area contributed by atoms with E-state index in [4.69, 9.17) is 9.47 Å². The van der Waals surface area contributed by atoms with Crippen LogP contribution in [0.15, 0.2) is 40.2 Å². The fourth-order valence-electron chi connectivity index (χ4n) is 3.32. The molecule has 0 atom stereocenters. The van der Waals surface area contributed by atoms with E-state index >= 15 is 0 Å². The van der Waals surface area contributed by atoms with Gasteiger partial charge < -0.3 is 14.0 Å². The number of anilines is 1. The van der Waals surface area contributed by atoms with Crippen molar-refractivity contribution in [3.05, 3.63) is 74.5 Å². The number of nitrogens with zero attached hydrogens (tertiary/aromatic N) is 3. The van der Waals surface area contributed by atoms with Gasteiger partial charge in [0.25, 0.3) is 5.56 Å². The Morgan fingerprint density at radius 1 is 1.03 bits per heavy atom. The van der Waals surface area contributed by atoms with Crippen molar-refractivity contribution in [2.45, 2.75) is 20.8 Å². The predicted octanol–water partition coefficient (Wildman–Crippen LogP) is 2.51. The number of hydrazone groups is 1. The summed E-state index contributed by atoms with van der Waals surface area (Å²) in [7, 11) is 2.55. The molecule has 1 aromatic carbocycles. The number of aryl methyl sites for hydroxylation is 2. The van der Waals surface area contributed by atoms with Crippen molar-refractivity contribution in [1.82, 2.24) is 14.5 Å². The second kappa shape index (κ2) is 9.29. The van der Waals surface area contributed by atoms with E-state index in [1.807, 2.05) is 24.5 Å². The molecule has 0 aliphatic heterocycles. The first-order valence-electron chi connectivity index (χ1n) is 9.61. The van der Waals surface area contributed by atoms with Gasteiger partial charge in [0.2, 0.25) is 5.95 Å². The molecule has 2 heterocycles. The Morgan fingerprint density at radius 3 is 2.22 bits per heavy atom. The third kappa shape index (κ3) is 4.75. The molecule has 0 amide bonds. The molecular formula is C22H23N5O5. The maximum absolute atomic E-state index is 12.1. The zero-order valence-electron chi connectivity index (χ0n) is 18.3. The van der Waals surface area contributed by atoms with Gasteiger partial charge in [-0.2, -0.15) is 5.10 Å². The predicted molar refractivity (Wildman–Crippen MR) is 119 cm³/mol. The van der Waals surface area contributed by atoms with Crippen molar-refractivity contribution in [2.24, 2.45) is 5.10 Å². The molecule has 32 heavy (non-hydrogen) atoms. The first-order chi connectivity index (χ1) is 15.2. The molecule has 10 heteroatoms. The maximum atomic E-state index is 12.1. The number of carbonyl (C=O) groups excluding carboxylic acids is 2. The van der Waals surface area contributed by atoms with Gasteiger partial charge >= 0.3 is 11.9 Å². The summed E-state index contributed by atoms with van der Waals surface area (Å²) in [5.74, 6) is -0.899. The van der Waals surface area contributed by atoms with Crippen molar-refractivity contribution < 1.29 is 19.1 Å². The SMILES string of the molecule is COC(=O)c1cc(C(=O)OC)cc(-n2c(C)cc(/C=N/Nc3nc(C)cc(=O)[nH]3)c2C)c1. The number of aromatic nitrogens is 3. The maximum Gasteiger partial charge on any atom is 0.337 e.